The van der Waals surface area contributed by atoms with Gasteiger partial charge in [0, 0.05) is 7.05 Å². The first-order valence-electron chi connectivity index (χ1n) is 13.6. The predicted octanol–water partition coefficient (Wildman–Crippen LogP) is -2.26. The molecule has 2 saturated heterocycles. The Morgan fingerprint density at radius 2 is 1.79 bits per heavy atom. The molecule has 25 nitrogen and oxygen atoms in total. The molecule has 0 saturated carbocycles. The van der Waals surface area contributed by atoms with Crippen molar-refractivity contribution in [1.82, 2.24) is 29.5 Å². The molecule has 0 radical (unpaired) electrons. The summed E-state index contributed by atoms with van der Waals surface area (Å²) in [5.74, 6) is -0.431. The number of fused-ring (bicyclic) bond motifs is 1. The quantitative estimate of drug-likeness (QED) is 0.0444. The van der Waals surface area contributed by atoms with Crippen molar-refractivity contribution in [1.29, 1.82) is 0 Å². The van der Waals surface area contributed by atoms with Crippen LogP contribution in [0.25, 0.3) is 11.2 Å². The van der Waals surface area contributed by atoms with E-state index in [-0.39, 0.29) is 41.2 Å². The van der Waals surface area contributed by atoms with Gasteiger partial charge in [0.05, 0.1) is 12.4 Å². The van der Waals surface area contributed by atoms with Gasteiger partial charge in [0.25, 0.3) is 11.1 Å². The van der Waals surface area contributed by atoms with Crippen LogP contribution in [0.2, 0.25) is 0 Å². The fourth-order valence-corrected chi connectivity index (χ4v) is 7.04. The zero-order valence-corrected chi connectivity index (χ0v) is 27.2. The van der Waals surface area contributed by atoms with Crippen LogP contribution >= 0.6 is 25.4 Å². The van der Waals surface area contributed by atoms with Gasteiger partial charge in [-0.15, -0.1) is 0 Å². The lowest BCUT2D eigenvalue weighted by molar-refractivity contribution is -0.233. The zero-order chi connectivity index (χ0) is 34.7. The Morgan fingerprint density at radius 1 is 1.06 bits per heavy atom. The Labute approximate surface area is 270 Å². The van der Waals surface area contributed by atoms with Gasteiger partial charge in [-0.25, -0.2) is 14.2 Å². The average Bonchev–Trinajstić information content (AvgIpc) is 3.70. The number of aliphatic hydroxyl groups excluding tert-OH is 2. The maximum atomic E-state index is 12.1. The summed E-state index contributed by atoms with van der Waals surface area (Å²) in [4.78, 5) is 85.6. The molecule has 14 N–H and O–H groups in total. The van der Waals surface area contributed by atoms with Gasteiger partial charge in [0.2, 0.25) is 11.9 Å². The van der Waals surface area contributed by atoms with Crippen LogP contribution in [-0.2, 0) is 32.2 Å². The van der Waals surface area contributed by atoms with Crippen molar-refractivity contribution >= 4 is 59.9 Å². The minimum atomic E-state index is -4.85. The summed E-state index contributed by atoms with van der Waals surface area (Å²) in [7, 11) is -9.57. The summed E-state index contributed by atoms with van der Waals surface area (Å²) in [6.45, 7) is -0.965. The highest BCUT2D eigenvalue weighted by atomic mass is 31.3. The number of nitrogens with two attached hydrogens (primary N) is 2. The summed E-state index contributed by atoms with van der Waals surface area (Å²) in [5, 5.41) is 25.9. The average molecular weight is 745 g/mol. The standard InChI is InChI=1S/C20H31N10O15P3/c1-23-10-14(26-19(21)28-16(10)33)25-18-13(32)12(31)8(42-18)5-40-48(37,38)45-47(36)44-46(35)43-39-4-7-2-3-9(41-7)30-6-24-11-15(30)27-20(22)29-17(11)34/h6-9,12-13,18,23,31-32,35-38H,2-5H2,1H3,(H6-,21,22,25,26,27,28,29,33,34)/p+1. The number of nitrogen functional groups attached to an aromatic ring is 2. The van der Waals surface area contributed by atoms with Gasteiger partial charge in [-0.1, -0.05) is 4.31 Å². The van der Waals surface area contributed by atoms with Gasteiger partial charge in [0.15, 0.2) is 23.2 Å². The number of imidazole rings is 1. The maximum absolute atomic E-state index is 12.1. The fourth-order valence-electron chi connectivity index (χ4n) is 4.66. The number of aromatic nitrogens is 6. The molecule has 8 atom stereocenters. The van der Waals surface area contributed by atoms with Crippen molar-refractivity contribution in [3.05, 3.63) is 27.0 Å². The summed E-state index contributed by atoms with van der Waals surface area (Å²) >= 11 is 0. The van der Waals surface area contributed by atoms with E-state index in [9.17, 15) is 39.4 Å². The predicted molar refractivity (Wildman–Crippen MR) is 164 cm³/mol. The van der Waals surface area contributed by atoms with Gasteiger partial charge >= 0.3 is 25.4 Å². The first-order valence-corrected chi connectivity index (χ1v) is 17.4. The van der Waals surface area contributed by atoms with Crippen molar-refractivity contribution < 1.29 is 62.0 Å². The molecular formula is C20H32N10O15P3+. The first kappa shape index (κ1) is 36.5. The number of hydrogen-bond donors (Lipinski definition) is 12. The molecule has 5 heterocycles. The maximum Gasteiger partial charge on any atom is 0.578 e. The molecule has 8 unspecified atom stereocenters. The number of nitrogens with one attached hydrogen (secondary N) is 4. The molecule has 2 fully saturated rings. The van der Waals surface area contributed by atoms with E-state index in [0.717, 1.165) is 0 Å². The second kappa shape index (κ2) is 15.4. The van der Waals surface area contributed by atoms with Crippen molar-refractivity contribution in [2.24, 2.45) is 0 Å². The third-order valence-electron chi connectivity index (χ3n) is 6.77. The number of rotatable bonds is 15. The molecule has 0 bridgehead atoms. The molecule has 0 amide bonds. The number of aliphatic hydroxyl groups is 2. The molecule has 28 heteroatoms. The molecule has 2 aliphatic heterocycles. The molecular weight excluding hydrogens is 713 g/mol. The highest BCUT2D eigenvalue weighted by molar-refractivity contribution is 7.65. The smallest absolute Gasteiger partial charge is 0.387 e. The summed E-state index contributed by atoms with van der Waals surface area (Å²) < 4.78 is 31.6. The van der Waals surface area contributed by atoms with Crippen LogP contribution in [0.4, 0.5) is 23.4 Å². The van der Waals surface area contributed by atoms with Crippen LogP contribution in [0, 0.1) is 0 Å². The van der Waals surface area contributed by atoms with Crippen LogP contribution in [0.15, 0.2) is 15.9 Å². The summed E-state index contributed by atoms with van der Waals surface area (Å²) in [6.07, 6.45) is -4.65. The van der Waals surface area contributed by atoms with E-state index >= 15 is 0 Å². The lowest BCUT2D eigenvalue weighted by Gasteiger charge is -2.19. The van der Waals surface area contributed by atoms with Gasteiger partial charge < -0.3 is 51.6 Å². The summed E-state index contributed by atoms with van der Waals surface area (Å²) in [5.41, 5.74) is 10.3. The lowest BCUT2D eigenvalue weighted by atomic mass is 10.1. The van der Waals surface area contributed by atoms with E-state index in [2.05, 4.69) is 48.8 Å². The number of anilines is 4. The number of ether oxygens (including phenoxy) is 2. The van der Waals surface area contributed by atoms with Crippen LogP contribution in [0.5, 0.6) is 0 Å². The molecule has 2 aliphatic rings. The Bertz CT molecular complexity index is 1680. The van der Waals surface area contributed by atoms with E-state index in [4.69, 9.17) is 30.4 Å². The number of aromatic amines is 2. The van der Waals surface area contributed by atoms with Crippen LogP contribution in [-0.4, -0.2) is 110 Å². The normalized spacial score (nSPS) is 25.8. The Balaban J connectivity index is 1.02. The van der Waals surface area contributed by atoms with Crippen LogP contribution in [0.3, 0.4) is 0 Å². The topological polar surface area (TPSA) is 371 Å². The molecule has 0 aromatic carbocycles. The summed E-state index contributed by atoms with van der Waals surface area (Å²) in [6, 6.07) is 0. The molecule has 48 heavy (non-hydrogen) atoms. The first-order chi connectivity index (χ1) is 22.7. The van der Waals surface area contributed by atoms with Crippen molar-refractivity contribution in [3.63, 3.8) is 0 Å². The second-order valence-electron chi connectivity index (χ2n) is 10.00. The Hall–Kier alpha value is -2.80. The SMILES string of the molecule is CNc1c(NC2OC(CO[P+](O)(O)OP(O)OP(O)OOCC3CCC(n4cnc5c(=O)[nH]c(N)nc54)O3)C(O)C2O)nc(N)[nH]c1=O. The number of hydrogen-bond acceptors (Lipinski definition) is 22. The molecule has 0 aliphatic carbocycles. The second-order valence-corrected chi connectivity index (χ2v) is 13.6. The molecule has 3 aromatic rings. The minimum absolute atomic E-state index is 0.0449. The van der Waals surface area contributed by atoms with Crippen LogP contribution in [0.1, 0.15) is 19.1 Å². The monoisotopic (exact) mass is 745 g/mol. The van der Waals surface area contributed by atoms with E-state index in [1.807, 2.05) is 0 Å². The molecule has 266 valence electrons. The lowest BCUT2D eigenvalue weighted by Crippen LogP contribution is -2.37. The number of H-pyrrole nitrogens is 2. The molecule has 5 rings (SSSR count). The van der Waals surface area contributed by atoms with Crippen molar-refractivity contribution in [2.75, 3.05) is 42.4 Å². The fraction of sp³-hybridized carbons (Fsp3) is 0.550. The minimum Gasteiger partial charge on any atom is -0.387 e. The van der Waals surface area contributed by atoms with Crippen LogP contribution < -0.4 is 33.2 Å². The van der Waals surface area contributed by atoms with Gasteiger partial charge in [0.1, 0.15) is 43.4 Å². The van der Waals surface area contributed by atoms with Crippen molar-refractivity contribution in [3.8, 4) is 0 Å². The van der Waals surface area contributed by atoms with E-state index in [1.165, 1.54) is 13.4 Å². The third kappa shape index (κ3) is 8.67. The van der Waals surface area contributed by atoms with E-state index in [0.29, 0.717) is 12.8 Å². The highest BCUT2D eigenvalue weighted by Crippen LogP contribution is 2.65. The van der Waals surface area contributed by atoms with E-state index < -0.39 is 80.0 Å². The Kier molecular flexibility index (Phi) is 11.7. The Morgan fingerprint density at radius 3 is 2.54 bits per heavy atom. The zero-order valence-electron chi connectivity index (χ0n) is 24.5. The van der Waals surface area contributed by atoms with Crippen molar-refractivity contribution in [2.45, 2.75) is 49.7 Å². The van der Waals surface area contributed by atoms with E-state index in [1.54, 1.807) is 4.57 Å². The highest BCUT2D eigenvalue weighted by Gasteiger charge is 2.50. The molecule has 3 aromatic heterocycles. The van der Waals surface area contributed by atoms with Gasteiger partial charge in [-0.2, -0.15) is 29.0 Å². The third-order valence-corrected chi connectivity index (χ3v) is 10.0. The largest absolute Gasteiger partial charge is 0.578 e. The van der Waals surface area contributed by atoms with Gasteiger partial charge in [-0.05, 0) is 12.8 Å². The molecule has 0 spiro atoms. The number of nitrogens with zero attached hydrogens (tertiary/aromatic N) is 4. The van der Waals surface area contributed by atoms with Gasteiger partial charge in [-0.3, -0.25) is 24.1 Å².